The minimum atomic E-state index is 0.286. The van der Waals surface area contributed by atoms with Gasteiger partial charge in [-0.2, -0.15) is 0 Å². The van der Waals surface area contributed by atoms with Crippen molar-refractivity contribution in [2.24, 2.45) is 0 Å². The number of hydrogen-bond donors (Lipinski definition) is 0. The first-order chi connectivity index (χ1) is 5.09. The van der Waals surface area contributed by atoms with Crippen LogP contribution in [0.1, 0.15) is 27.7 Å². The second kappa shape index (κ2) is 6.19. The van der Waals surface area contributed by atoms with Gasteiger partial charge in [0, 0.05) is 12.1 Å². The van der Waals surface area contributed by atoms with Gasteiger partial charge in [0.1, 0.15) is 6.07 Å². The zero-order chi connectivity index (χ0) is 8.85. The molecule has 0 fully saturated rings. The molecule has 0 aromatic heterocycles. The van der Waals surface area contributed by atoms with Crippen LogP contribution in [-0.4, -0.2) is 22.8 Å². The molecule has 68 valence electrons. The smallest absolute Gasteiger partial charge is 0.126 e. The molecule has 0 heterocycles. The van der Waals surface area contributed by atoms with Crippen molar-refractivity contribution in [1.82, 2.24) is 4.67 Å². The van der Waals surface area contributed by atoms with Crippen LogP contribution in [0, 0.1) is 0 Å². The number of nitrogens with zero attached hydrogens (tertiary/aromatic N) is 1. The van der Waals surface area contributed by atoms with Gasteiger partial charge in [0.05, 0.1) is 8.96 Å². The summed E-state index contributed by atoms with van der Waals surface area (Å²) < 4.78 is 7.40. The summed E-state index contributed by atoms with van der Waals surface area (Å²) in [5, 5.41) is 0. The first-order valence-corrected chi connectivity index (χ1v) is 5.20. The number of hydrogen-bond acceptors (Lipinski definition) is 2. The van der Waals surface area contributed by atoms with Crippen LogP contribution in [0.25, 0.3) is 0 Å². The van der Waals surface area contributed by atoms with Gasteiger partial charge in [-0.15, -0.1) is 0 Å². The average Bonchev–Trinajstić information content (AvgIpc) is 1.87. The largest absolute Gasteiger partial charge is 0.331 e. The second-order valence-corrected chi connectivity index (χ2v) is 4.15. The van der Waals surface area contributed by atoms with Crippen molar-refractivity contribution in [2.45, 2.75) is 39.8 Å². The Kier molecular flexibility index (Phi) is 6.55. The molecular weight excluding hydrogens is 181 g/mol. The van der Waals surface area contributed by atoms with Crippen LogP contribution in [0.2, 0.25) is 0 Å². The van der Waals surface area contributed by atoms with Crippen molar-refractivity contribution >= 4 is 20.6 Å². The minimum absolute atomic E-state index is 0.286. The molecule has 0 bridgehead atoms. The van der Waals surface area contributed by atoms with Crippen molar-refractivity contribution < 1.29 is 4.52 Å². The monoisotopic (exact) mass is 197 g/mol. The van der Waals surface area contributed by atoms with E-state index in [0.29, 0.717) is 21.0 Å². The molecule has 11 heavy (non-hydrogen) atoms. The summed E-state index contributed by atoms with van der Waals surface area (Å²) in [6.07, 6.45) is 0. The number of halogens is 1. The molecule has 0 aromatic rings. The Morgan fingerprint density at radius 2 is 1.73 bits per heavy atom. The van der Waals surface area contributed by atoms with Gasteiger partial charge in [-0.3, -0.25) is 4.67 Å². The molecule has 2 nitrogen and oxygen atoms in total. The van der Waals surface area contributed by atoms with E-state index in [4.69, 9.17) is 16.1 Å². The van der Waals surface area contributed by atoms with E-state index in [1.54, 1.807) is 0 Å². The van der Waals surface area contributed by atoms with Gasteiger partial charge in [0.2, 0.25) is 0 Å². The third kappa shape index (κ3) is 4.97. The maximum absolute atomic E-state index is 5.41. The lowest BCUT2D eigenvalue weighted by molar-refractivity contribution is 0.287. The fourth-order valence-electron chi connectivity index (χ4n) is 0.906. The average molecular weight is 198 g/mol. The molecule has 1 unspecified atom stereocenters. The third-order valence-electron chi connectivity index (χ3n) is 1.34. The molecule has 0 saturated heterocycles. The Hall–Kier alpha value is 0.640. The molecule has 4 heteroatoms. The molecule has 1 atom stereocenters. The quantitative estimate of drug-likeness (QED) is 0.497. The van der Waals surface area contributed by atoms with Gasteiger partial charge in [-0.05, 0) is 27.7 Å². The Balaban J connectivity index is 3.70. The van der Waals surface area contributed by atoms with Crippen LogP contribution in [0.4, 0.5) is 0 Å². The van der Waals surface area contributed by atoms with Crippen LogP contribution in [-0.2, 0) is 4.52 Å². The predicted molar refractivity (Wildman–Crippen MR) is 52.2 cm³/mol. The van der Waals surface area contributed by atoms with Crippen molar-refractivity contribution in [2.75, 3.05) is 6.07 Å². The van der Waals surface area contributed by atoms with E-state index in [1.165, 1.54) is 0 Å². The maximum Gasteiger partial charge on any atom is 0.126 e. The molecule has 0 rings (SSSR count). The summed E-state index contributed by atoms with van der Waals surface area (Å²) in [6, 6.07) is 1.34. The summed E-state index contributed by atoms with van der Waals surface area (Å²) in [7, 11) is 0.385. The van der Waals surface area contributed by atoms with E-state index in [0.717, 1.165) is 0 Å². The van der Waals surface area contributed by atoms with Crippen LogP contribution in [0.5, 0.6) is 0 Å². The van der Waals surface area contributed by atoms with Gasteiger partial charge >= 0.3 is 0 Å². The number of rotatable bonds is 5. The van der Waals surface area contributed by atoms with Crippen LogP contribution < -0.4 is 0 Å². The molecule has 0 N–H and O–H groups in total. The van der Waals surface area contributed by atoms with E-state index in [1.807, 2.05) is 0 Å². The lowest BCUT2D eigenvalue weighted by atomic mass is 10.3. The molecule has 0 aliphatic carbocycles. The molecule has 0 aliphatic heterocycles. The van der Waals surface area contributed by atoms with Crippen molar-refractivity contribution in [3.8, 4) is 0 Å². The van der Waals surface area contributed by atoms with Crippen molar-refractivity contribution in [3.63, 3.8) is 0 Å². The van der Waals surface area contributed by atoms with Gasteiger partial charge < -0.3 is 4.52 Å². The third-order valence-corrected chi connectivity index (χ3v) is 3.15. The van der Waals surface area contributed by atoms with Crippen LogP contribution >= 0.6 is 20.6 Å². The van der Waals surface area contributed by atoms with E-state index >= 15 is 0 Å². The highest BCUT2D eigenvalue weighted by molar-refractivity contribution is 7.29. The summed E-state index contributed by atoms with van der Waals surface area (Å²) in [4.78, 5) is 0. The maximum atomic E-state index is 5.41. The van der Waals surface area contributed by atoms with Crippen molar-refractivity contribution in [1.29, 1.82) is 0 Å². The fourth-order valence-corrected chi connectivity index (χ4v) is 1.67. The molecule has 0 amide bonds. The minimum Gasteiger partial charge on any atom is -0.331 e. The standard InChI is InChI=1S/C7H17ClNOP/c1-6(2)9(7(3)4)11-10-5-8/h6-7,11H,5H2,1-4H3. The molecule has 0 spiro atoms. The summed E-state index contributed by atoms with van der Waals surface area (Å²) in [6.45, 7) is 8.63. The molecule has 0 aliphatic rings. The Morgan fingerprint density at radius 3 is 2.00 bits per heavy atom. The Labute approximate surface area is 76.2 Å². The molecular formula is C7H17ClNOP. The highest BCUT2D eigenvalue weighted by Crippen LogP contribution is 2.25. The fraction of sp³-hybridized carbons (Fsp3) is 1.00. The van der Waals surface area contributed by atoms with E-state index in [9.17, 15) is 0 Å². The van der Waals surface area contributed by atoms with Gasteiger partial charge in [-0.25, -0.2) is 0 Å². The summed E-state index contributed by atoms with van der Waals surface area (Å²) >= 11 is 5.41. The summed E-state index contributed by atoms with van der Waals surface area (Å²) in [5.41, 5.74) is 0. The zero-order valence-corrected chi connectivity index (χ0v) is 9.35. The van der Waals surface area contributed by atoms with E-state index < -0.39 is 0 Å². The Morgan fingerprint density at radius 1 is 1.27 bits per heavy atom. The topological polar surface area (TPSA) is 12.5 Å². The van der Waals surface area contributed by atoms with Gasteiger partial charge in [-0.1, -0.05) is 11.6 Å². The van der Waals surface area contributed by atoms with Crippen molar-refractivity contribution in [3.05, 3.63) is 0 Å². The zero-order valence-electron chi connectivity index (χ0n) is 7.60. The Bertz CT molecular complexity index is 92.4. The second-order valence-electron chi connectivity index (χ2n) is 2.94. The molecule has 0 aromatic carbocycles. The lowest BCUT2D eigenvalue weighted by Crippen LogP contribution is -2.29. The first kappa shape index (κ1) is 11.6. The SMILES string of the molecule is CC(C)N(POCCl)C(C)C. The van der Waals surface area contributed by atoms with Gasteiger partial charge in [0.25, 0.3) is 0 Å². The highest BCUT2D eigenvalue weighted by Gasteiger charge is 2.12. The number of alkyl halides is 1. The summed E-state index contributed by atoms with van der Waals surface area (Å²) in [5.74, 6) is 0. The van der Waals surface area contributed by atoms with Crippen LogP contribution in [0.3, 0.4) is 0 Å². The molecule has 0 radical (unpaired) electrons. The predicted octanol–water partition coefficient (Wildman–Crippen LogP) is 2.83. The van der Waals surface area contributed by atoms with E-state index in [-0.39, 0.29) is 6.07 Å². The lowest BCUT2D eigenvalue weighted by Gasteiger charge is -2.28. The normalized spacial score (nSPS) is 13.1. The first-order valence-electron chi connectivity index (χ1n) is 3.81. The van der Waals surface area contributed by atoms with Gasteiger partial charge in [0.15, 0.2) is 0 Å². The van der Waals surface area contributed by atoms with E-state index in [2.05, 4.69) is 32.4 Å². The van der Waals surface area contributed by atoms with Crippen LogP contribution in [0.15, 0.2) is 0 Å². The highest BCUT2D eigenvalue weighted by atomic mass is 35.5. The molecule has 0 saturated carbocycles.